The molecule has 0 aliphatic carbocycles. The number of ether oxygens (including phenoxy) is 2. The number of hydrogen-bond donors (Lipinski definition) is 1. The van der Waals surface area contributed by atoms with Crippen LogP contribution < -0.4 is 5.32 Å². The Morgan fingerprint density at radius 2 is 1.88 bits per heavy atom. The summed E-state index contributed by atoms with van der Waals surface area (Å²) in [6, 6.07) is 0. The van der Waals surface area contributed by atoms with Crippen LogP contribution >= 0.6 is 0 Å². The maximum atomic E-state index is 11.9. The Morgan fingerprint density at radius 1 is 1.29 bits per heavy atom. The topological polar surface area (TPSA) is 64.6 Å². The third-order valence-electron chi connectivity index (χ3n) is 2.95. The maximum absolute atomic E-state index is 11.9. The summed E-state index contributed by atoms with van der Waals surface area (Å²) in [4.78, 5) is 22.7. The fourth-order valence-electron chi connectivity index (χ4n) is 1.45. The van der Waals surface area contributed by atoms with E-state index < -0.39 is 6.10 Å². The van der Waals surface area contributed by atoms with Gasteiger partial charge in [0, 0.05) is 13.7 Å². The number of amides is 1. The van der Waals surface area contributed by atoms with Gasteiger partial charge in [-0.05, 0) is 11.8 Å². The fourth-order valence-corrected chi connectivity index (χ4v) is 1.45. The Morgan fingerprint density at radius 3 is 2.29 bits per heavy atom. The minimum atomic E-state index is -0.509. The summed E-state index contributed by atoms with van der Waals surface area (Å²) in [5.41, 5.74) is -0.232. The van der Waals surface area contributed by atoms with E-state index in [0.29, 0.717) is 0 Å². The molecule has 0 bridgehead atoms. The molecule has 1 amide bonds. The van der Waals surface area contributed by atoms with Gasteiger partial charge >= 0.3 is 5.97 Å². The Balaban J connectivity index is 4.23. The molecule has 0 saturated heterocycles. The van der Waals surface area contributed by atoms with Gasteiger partial charge in [-0.3, -0.25) is 9.59 Å². The molecule has 1 atom stereocenters. The molecule has 0 heterocycles. The van der Waals surface area contributed by atoms with Crippen molar-refractivity contribution in [2.24, 2.45) is 5.41 Å². The van der Waals surface area contributed by atoms with E-state index in [9.17, 15) is 9.59 Å². The lowest BCUT2D eigenvalue weighted by Crippen LogP contribution is -2.45. The Hall–Kier alpha value is -1.10. The Labute approximate surface area is 103 Å². The lowest BCUT2D eigenvalue weighted by atomic mass is 9.83. The SMILES string of the molecule is CCC(C)(C)[C@@H](OC)C(=O)NCCC(=O)OC. The quantitative estimate of drug-likeness (QED) is 0.683. The molecule has 0 aromatic heterocycles. The van der Waals surface area contributed by atoms with E-state index in [4.69, 9.17) is 4.74 Å². The van der Waals surface area contributed by atoms with Crippen molar-refractivity contribution in [2.75, 3.05) is 20.8 Å². The lowest BCUT2D eigenvalue weighted by molar-refractivity contribution is -0.141. The van der Waals surface area contributed by atoms with Crippen molar-refractivity contribution in [3.8, 4) is 0 Å². The molecule has 0 saturated carbocycles. The molecular weight excluding hydrogens is 222 g/mol. The minimum absolute atomic E-state index is 0.172. The second-order valence-electron chi connectivity index (χ2n) is 4.58. The molecule has 0 fully saturated rings. The van der Waals surface area contributed by atoms with Crippen LogP contribution in [-0.2, 0) is 19.1 Å². The van der Waals surface area contributed by atoms with Gasteiger partial charge in [0.2, 0.25) is 5.91 Å². The first-order valence-corrected chi connectivity index (χ1v) is 5.76. The molecule has 0 aromatic carbocycles. The maximum Gasteiger partial charge on any atom is 0.307 e. The number of rotatable bonds is 7. The van der Waals surface area contributed by atoms with Crippen LogP contribution in [0.25, 0.3) is 0 Å². The molecular formula is C12H23NO4. The molecule has 100 valence electrons. The first-order valence-electron chi connectivity index (χ1n) is 5.76. The third kappa shape index (κ3) is 5.17. The summed E-state index contributed by atoms with van der Waals surface area (Å²) in [7, 11) is 2.84. The van der Waals surface area contributed by atoms with Gasteiger partial charge in [-0.15, -0.1) is 0 Å². The normalized spacial score (nSPS) is 13.0. The Kier molecular flexibility index (Phi) is 6.80. The van der Waals surface area contributed by atoms with E-state index >= 15 is 0 Å². The van der Waals surface area contributed by atoms with Gasteiger partial charge in [0.25, 0.3) is 0 Å². The lowest BCUT2D eigenvalue weighted by Gasteiger charge is -2.31. The van der Waals surface area contributed by atoms with E-state index in [-0.39, 0.29) is 30.3 Å². The zero-order chi connectivity index (χ0) is 13.5. The first-order chi connectivity index (χ1) is 7.88. The average molecular weight is 245 g/mol. The predicted octanol–water partition coefficient (Wildman–Crippen LogP) is 1.12. The van der Waals surface area contributed by atoms with Crippen LogP contribution in [-0.4, -0.2) is 38.7 Å². The molecule has 0 spiro atoms. The highest BCUT2D eigenvalue weighted by molar-refractivity contribution is 5.82. The van der Waals surface area contributed by atoms with Crippen molar-refractivity contribution >= 4 is 11.9 Å². The third-order valence-corrected chi connectivity index (χ3v) is 2.95. The largest absolute Gasteiger partial charge is 0.469 e. The van der Waals surface area contributed by atoms with Gasteiger partial charge in [0.05, 0.1) is 13.5 Å². The van der Waals surface area contributed by atoms with Crippen LogP contribution in [0.15, 0.2) is 0 Å². The van der Waals surface area contributed by atoms with E-state index in [1.165, 1.54) is 14.2 Å². The van der Waals surface area contributed by atoms with Crippen LogP contribution in [0.3, 0.4) is 0 Å². The molecule has 0 unspecified atom stereocenters. The molecule has 0 aliphatic rings. The van der Waals surface area contributed by atoms with Crippen LogP contribution in [0.1, 0.15) is 33.6 Å². The van der Waals surface area contributed by atoms with E-state index in [1.54, 1.807) is 0 Å². The zero-order valence-corrected chi connectivity index (χ0v) is 11.3. The number of methoxy groups -OCH3 is 2. The minimum Gasteiger partial charge on any atom is -0.469 e. The van der Waals surface area contributed by atoms with E-state index in [1.807, 2.05) is 20.8 Å². The van der Waals surface area contributed by atoms with Gasteiger partial charge in [-0.25, -0.2) is 0 Å². The van der Waals surface area contributed by atoms with Gasteiger partial charge in [0.15, 0.2) is 0 Å². The van der Waals surface area contributed by atoms with Crippen molar-refractivity contribution in [1.82, 2.24) is 5.32 Å². The number of carbonyl (C=O) groups excluding carboxylic acids is 2. The number of nitrogens with one attached hydrogen (secondary N) is 1. The molecule has 1 N–H and O–H groups in total. The highest BCUT2D eigenvalue weighted by atomic mass is 16.5. The van der Waals surface area contributed by atoms with Crippen molar-refractivity contribution < 1.29 is 19.1 Å². The molecule has 17 heavy (non-hydrogen) atoms. The molecule has 5 heteroatoms. The first kappa shape index (κ1) is 15.9. The highest BCUT2D eigenvalue weighted by Gasteiger charge is 2.33. The highest BCUT2D eigenvalue weighted by Crippen LogP contribution is 2.26. The van der Waals surface area contributed by atoms with Gasteiger partial charge in [0.1, 0.15) is 6.10 Å². The van der Waals surface area contributed by atoms with Crippen LogP contribution in [0, 0.1) is 5.41 Å². The van der Waals surface area contributed by atoms with Gasteiger partial charge < -0.3 is 14.8 Å². The average Bonchev–Trinajstić information content (AvgIpc) is 2.29. The number of esters is 1. The molecule has 0 rings (SSSR count). The summed E-state index contributed by atoms with van der Waals surface area (Å²) < 4.78 is 9.71. The number of carbonyl (C=O) groups is 2. The van der Waals surface area contributed by atoms with E-state index in [2.05, 4.69) is 10.1 Å². The summed E-state index contributed by atoms with van der Waals surface area (Å²) in [5.74, 6) is -0.530. The zero-order valence-electron chi connectivity index (χ0n) is 11.3. The van der Waals surface area contributed by atoms with Crippen LogP contribution in [0.2, 0.25) is 0 Å². The Bertz CT molecular complexity index is 263. The van der Waals surface area contributed by atoms with Crippen molar-refractivity contribution in [1.29, 1.82) is 0 Å². The standard InChI is InChI=1S/C12H23NO4/c1-6-12(2,3)10(17-5)11(15)13-8-7-9(14)16-4/h10H,6-8H2,1-5H3,(H,13,15)/t10-/m0/s1. The van der Waals surface area contributed by atoms with E-state index in [0.717, 1.165) is 6.42 Å². The molecule has 0 aromatic rings. The van der Waals surface area contributed by atoms with Crippen LogP contribution in [0.5, 0.6) is 0 Å². The second kappa shape index (κ2) is 7.27. The summed E-state index contributed by atoms with van der Waals surface area (Å²) >= 11 is 0. The fraction of sp³-hybridized carbons (Fsp3) is 0.833. The summed E-state index contributed by atoms with van der Waals surface area (Å²) in [6.45, 7) is 6.22. The summed E-state index contributed by atoms with van der Waals surface area (Å²) in [6.07, 6.45) is 0.492. The summed E-state index contributed by atoms with van der Waals surface area (Å²) in [5, 5.41) is 2.67. The van der Waals surface area contributed by atoms with Gasteiger partial charge in [-0.2, -0.15) is 0 Å². The second-order valence-corrected chi connectivity index (χ2v) is 4.58. The number of hydrogen-bond acceptors (Lipinski definition) is 4. The molecule has 5 nitrogen and oxygen atoms in total. The van der Waals surface area contributed by atoms with Crippen molar-refractivity contribution in [2.45, 2.75) is 39.7 Å². The van der Waals surface area contributed by atoms with Crippen molar-refractivity contribution in [3.63, 3.8) is 0 Å². The van der Waals surface area contributed by atoms with Crippen molar-refractivity contribution in [3.05, 3.63) is 0 Å². The molecule has 0 radical (unpaired) electrons. The van der Waals surface area contributed by atoms with Gasteiger partial charge in [-0.1, -0.05) is 20.8 Å². The predicted molar refractivity (Wildman–Crippen MR) is 64.5 cm³/mol. The van der Waals surface area contributed by atoms with Crippen LogP contribution in [0.4, 0.5) is 0 Å². The monoisotopic (exact) mass is 245 g/mol. The smallest absolute Gasteiger partial charge is 0.307 e. The molecule has 0 aliphatic heterocycles.